The average molecular weight is 302 g/mol. The molecule has 0 unspecified atom stereocenters. The lowest BCUT2D eigenvalue weighted by molar-refractivity contribution is 0.280. The molecule has 0 saturated heterocycles. The van der Waals surface area contributed by atoms with Crippen molar-refractivity contribution in [3.63, 3.8) is 0 Å². The fourth-order valence-electron chi connectivity index (χ4n) is 1.37. The third kappa shape index (κ3) is 2.90. The lowest BCUT2D eigenvalue weighted by Crippen LogP contribution is -2.17. The molecular formula is C10H12BrN3OS. The zero-order valence-corrected chi connectivity index (χ0v) is 11.5. The van der Waals surface area contributed by atoms with Gasteiger partial charge in [-0.25, -0.2) is 0 Å². The Labute approximate surface area is 106 Å². The largest absolute Gasteiger partial charge is 0.424 e. The summed E-state index contributed by atoms with van der Waals surface area (Å²) in [5.74, 6) is 1.27. The minimum Gasteiger partial charge on any atom is -0.424 e. The number of nitrogens with zero attached hydrogens (tertiary/aromatic N) is 3. The van der Waals surface area contributed by atoms with Crippen molar-refractivity contribution in [1.82, 2.24) is 15.1 Å². The summed E-state index contributed by atoms with van der Waals surface area (Å²) < 4.78 is 6.49. The highest BCUT2D eigenvalue weighted by Gasteiger charge is 2.09. The second-order valence-corrected chi connectivity index (χ2v) is 5.43. The van der Waals surface area contributed by atoms with Crippen LogP contribution in [0.15, 0.2) is 20.3 Å². The van der Waals surface area contributed by atoms with Gasteiger partial charge in [0.15, 0.2) is 0 Å². The van der Waals surface area contributed by atoms with Crippen LogP contribution in [0.1, 0.15) is 16.7 Å². The number of aromatic nitrogens is 2. The van der Waals surface area contributed by atoms with Crippen molar-refractivity contribution >= 4 is 27.3 Å². The Kier molecular flexibility index (Phi) is 3.73. The summed E-state index contributed by atoms with van der Waals surface area (Å²) in [4.78, 5) is 3.45. The first kappa shape index (κ1) is 11.8. The molecule has 2 aromatic rings. The molecule has 0 atom stereocenters. The van der Waals surface area contributed by atoms with Crippen molar-refractivity contribution in [2.45, 2.75) is 20.0 Å². The first-order chi connectivity index (χ1) is 7.65. The Balaban J connectivity index is 1.94. The second-order valence-electron chi connectivity index (χ2n) is 3.58. The number of aryl methyl sites for hydroxylation is 1. The van der Waals surface area contributed by atoms with Crippen LogP contribution in [-0.2, 0) is 13.1 Å². The molecule has 0 saturated carbocycles. The van der Waals surface area contributed by atoms with Crippen LogP contribution in [0.3, 0.4) is 0 Å². The Bertz CT molecular complexity index is 468. The summed E-state index contributed by atoms with van der Waals surface area (Å²) in [6.07, 6.45) is 0. The fourth-order valence-corrected chi connectivity index (χ4v) is 2.93. The topological polar surface area (TPSA) is 42.2 Å². The van der Waals surface area contributed by atoms with Crippen LogP contribution in [-0.4, -0.2) is 22.1 Å². The molecule has 16 heavy (non-hydrogen) atoms. The average Bonchev–Trinajstić information content (AvgIpc) is 2.77. The van der Waals surface area contributed by atoms with Gasteiger partial charge in [0, 0.05) is 22.8 Å². The summed E-state index contributed by atoms with van der Waals surface area (Å²) in [7, 11) is 2.03. The van der Waals surface area contributed by atoms with E-state index >= 15 is 0 Å². The molecule has 0 radical (unpaired) electrons. The Morgan fingerprint density at radius 1 is 1.44 bits per heavy atom. The molecule has 0 aliphatic rings. The van der Waals surface area contributed by atoms with E-state index in [4.69, 9.17) is 4.42 Å². The van der Waals surface area contributed by atoms with Crippen molar-refractivity contribution in [2.75, 3.05) is 7.05 Å². The second kappa shape index (κ2) is 5.07. The van der Waals surface area contributed by atoms with E-state index in [2.05, 4.69) is 42.5 Å². The SMILES string of the molecule is Cc1nnc(CN(C)Cc2sccc2Br)o1. The maximum Gasteiger partial charge on any atom is 0.230 e. The van der Waals surface area contributed by atoms with Gasteiger partial charge in [0.1, 0.15) is 0 Å². The van der Waals surface area contributed by atoms with Gasteiger partial charge in [-0.2, -0.15) is 0 Å². The van der Waals surface area contributed by atoms with E-state index in [1.54, 1.807) is 18.3 Å². The standard InChI is InChI=1S/C10H12BrN3OS/c1-7-12-13-10(15-7)6-14(2)5-9-8(11)3-4-16-9/h3-4H,5-6H2,1-2H3. The highest BCUT2D eigenvalue weighted by atomic mass is 79.9. The molecule has 0 aliphatic carbocycles. The minimum absolute atomic E-state index is 0.612. The Hall–Kier alpha value is -0.720. The number of halogens is 1. The van der Waals surface area contributed by atoms with E-state index in [1.807, 2.05) is 7.05 Å². The summed E-state index contributed by atoms with van der Waals surface area (Å²) in [5, 5.41) is 9.85. The highest BCUT2D eigenvalue weighted by Crippen LogP contribution is 2.24. The third-order valence-electron chi connectivity index (χ3n) is 2.08. The zero-order valence-electron chi connectivity index (χ0n) is 9.11. The summed E-state index contributed by atoms with van der Waals surface area (Å²) in [6.45, 7) is 3.34. The van der Waals surface area contributed by atoms with E-state index in [0.29, 0.717) is 18.3 Å². The molecule has 0 aliphatic heterocycles. The highest BCUT2D eigenvalue weighted by molar-refractivity contribution is 9.10. The molecule has 2 rings (SSSR count). The van der Waals surface area contributed by atoms with Crippen molar-refractivity contribution in [3.05, 3.63) is 32.6 Å². The van der Waals surface area contributed by atoms with Crippen LogP contribution in [0.25, 0.3) is 0 Å². The number of thiophene rings is 1. The maximum atomic E-state index is 5.33. The Morgan fingerprint density at radius 2 is 2.25 bits per heavy atom. The van der Waals surface area contributed by atoms with Crippen LogP contribution in [0.2, 0.25) is 0 Å². The van der Waals surface area contributed by atoms with Gasteiger partial charge >= 0.3 is 0 Å². The monoisotopic (exact) mass is 301 g/mol. The molecule has 4 nitrogen and oxygen atoms in total. The van der Waals surface area contributed by atoms with Crippen LogP contribution < -0.4 is 0 Å². The van der Waals surface area contributed by atoms with Gasteiger partial charge in [0.05, 0.1) is 6.54 Å². The normalized spacial score (nSPS) is 11.2. The van der Waals surface area contributed by atoms with E-state index in [9.17, 15) is 0 Å². The molecule has 0 amide bonds. The van der Waals surface area contributed by atoms with Crippen molar-refractivity contribution < 1.29 is 4.42 Å². The van der Waals surface area contributed by atoms with Gasteiger partial charge in [-0.15, -0.1) is 21.5 Å². The van der Waals surface area contributed by atoms with Gasteiger partial charge in [-0.3, -0.25) is 4.90 Å². The van der Waals surface area contributed by atoms with Gasteiger partial charge in [0.2, 0.25) is 11.8 Å². The Morgan fingerprint density at radius 3 is 2.81 bits per heavy atom. The summed E-state index contributed by atoms with van der Waals surface area (Å²) in [6, 6.07) is 2.06. The minimum atomic E-state index is 0.612. The van der Waals surface area contributed by atoms with E-state index in [-0.39, 0.29) is 0 Å². The molecule has 2 heterocycles. The number of hydrogen-bond acceptors (Lipinski definition) is 5. The summed E-state index contributed by atoms with van der Waals surface area (Å²) in [5.41, 5.74) is 0. The van der Waals surface area contributed by atoms with E-state index < -0.39 is 0 Å². The molecule has 86 valence electrons. The lowest BCUT2D eigenvalue weighted by atomic mass is 10.4. The zero-order chi connectivity index (χ0) is 11.5. The molecule has 0 aromatic carbocycles. The lowest BCUT2D eigenvalue weighted by Gasteiger charge is -2.13. The van der Waals surface area contributed by atoms with Crippen molar-refractivity contribution in [2.24, 2.45) is 0 Å². The predicted octanol–water partition coefficient (Wildman–Crippen LogP) is 2.83. The van der Waals surface area contributed by atoms with Crippen molar-refractivity contribution in [3.8, 4) is 0 Å². The molecule has 0 fully saturated rings. The summed E-state index contributed by atoms with van der Waals surface area (Å²) >= 11 is 5.26. The molecule has 0 spiro atoms. The van der Waals surface area contributed by atoms with E-state index in [1.165, 1.54) is 4.88 Å². The first-order valence-corrected chi connectivity index (χ1v) is 6.52. The van der Waals surface area contributed by atoms with Crippen molar-refractivity contribution in [1.29, 1.82) is 0 Å². The van der Waals surface area contributed by atoms with E-state index in [0.717, 1.165) is 11.0 Å². The third-order valence-corrected chi connectivity index (χ3v) is 3.99. The van der Waals surface area contributed by atoms with Gasteiger partial charge in [0.25, 0.3) is 0 Å². The van der Waals surface area contributed by atoms with Gasteiger partial charge in [-0.05, 0) is 34.4 Å². The molecule has 2 aromatic heterocycles. The molecule has 6 heteroatoms. The quantitative estimate of drug-likeness (QED) is 0.871. The molecule has 0 bridgehead atoms. The fraction of sp³-hybridized carbons (Fsp3) is 0.400. The molecular weight excluding hydrogens is 290 g/mol. The number of hydrogen-bond donors (Lipinski definition) is 0. The predicted molar refractivity (Wildman–Crippen MR) is 66.2 cm³/mol. The van der Waals surface area contributed by atoms with Crippen LogP contribution >= 0.6 is 27.3 Å². The molecule has 0 N–H and O–H groups in total. The number of rotatable bonds is 4. The van der Waals surface area contributed by atoms with Crippen LogP contribution in [0, 0.1) is 6.92 Å². The maximum absolute atomic E-state index is 5.33. The van der Waals surface area contributed by atoms with Gasteiger partial charge in [-0.1, -0.05) is 0 Å². The first-order valence-electron chi connectivity index (χ1n) is 4.84. The van der Waals surface area contributed by atoms with Gasteiger partial charge < -0.3 is 4.42 Å². The van der Waals surface area contributed by atoms with Crippen LogP contribution in [0.4, 0.5) is 0 Å². The smallest absolute Gasteiger partial charge is 0.230 e. The van der Waals surface area contributed by atoms with Crippen LogP contribution in [0.5, 0.6) is 0 Å².